The van der Waals surface area contributed by atoms with Gasteiger partial charge in [0.1, 0.15) is 5.69 Å². The number of fused-ring (bicyclic) bond motifs is 1. The Morgan fingerprint density at radius 2 is 1.75 bits per heavy atom. The molecule has 0 aliphatic carbocycles. The number of anilines is 1. The standard InChI is InChI=1S/C16H11ClN2O/c17-12-8-6-11-7-9-14(19-15(11)10-12)16(20)18-13-4-2-1-3-5-13/h1-10H,(H,18,20). The molecule has 2 aromatic carbocycles. The molecule has 0 aliphatic rings. The van der Waals surface area contributed by atoms with Gasteiger partial charge in [-0.25, -0.2) is 4.98 Å². The largest absolute Gasteiger partial charge is 0.321 e. The normalized spacial score (nSPS) is 10.4. The third kappa shape index (κ3) is 2.63. The highest BCUT2D eigenvalue weighted by molar-refractivity contribution is 6.31. The van der Waals surface area contributed by atoms with Gasteiger partial charge in [0.25, 0.3) is 5.91 Å². The number of rotatable bonds is 2. The highest BCUT2D eigenvalue weighted by atomic mass is 35.5. The van der Waals surface area contributed by atoms with E-state index in [4.69, 9.17) is 11.6 Å². The predicted octanol–water partition coefficient (Wildman–Crippen LogP) is 4.14. The van der Waals surface area contributed by atoms with Crippen LogP contribution < -0.4 is 5.32 Å². The van der Waals surface area contributed by atoms with Gasteiger partial charge in [-0.05, 0) is 30.3 Å². The second-order valence-corrected chi connectivity index (χ2v) is 4.79. The zero-order chi connectivity index (χ0) is 13.9. The molecule has 0 saturated carbocycles. The first-order valence-corrected chi connectivity index (χ1v) is 6.53. The molecular formula is C16H11ClN2O. The van der Waals surface area contributed by atoms with E-state index in [1.54, 1.807) is 18.2 Å². The van der Waals surface area contributed by atoms with E-state index in [0.29, 0.717) is 16.2 Å². The van der Waals surface area contributed by atoms with E-state index < -0.39 is 0 Å². The highest BCUT2D eigenvalue weighted by Crippen LogP contribution is 2.18. The molecule has 0 saturated heterocycles. The lowest BCUT2D eigenvalue weighted by atomic mass is 10.2. The van der Waals surface area contributed by atoms with Crippen LogP contribution in [0.3, 0.4) is 0 Å². The van der Waals surface area contributed by atoms with Crippen LogP contribution in [-0.4, -0.2) is 10.9 Å². The maximum Gasteiger partial charge on any atom is 0.274 e. The molecule has 1 N–H and O–H groups in total. The summed E-state index contributed by atoms with van der Waals surface area (Å²) in [6.45, 7) is 0. The molecule has 0 aliphatic heterocycles. The van der Waals surface area contributed by atoms with Crippen molar-refractivity contribution in [2.75, 3.05) is 5.32 Å². The Balaban J connectivity index is 1.91. The molecule has 0 fully saturated rings. The van der Waals surface area contributed by atoms with Gasteiger partial charge in [-0.2, -0.15) is 0 Å². The molecule has 1 amide bonds. The number of pyridine rings is 1. The van der Waals surface area contributed by atoms with Crippen molar-refractivity contribution in [2.24, 2.45) is 0 Å². The van der Waals surface area contributed by atoms with E-state index in [1.165, 1.54) is 0 Å². The number of benzene rings is 2. The van der Waals surface area contributed by atoms with Gasteiger partial charge in [0, 0.05) is 16.1 Å². The van der Waals surface area contributed by atoms with Crippen molar-refractivity contribution < 1.29 is 4.79 Å². The van der Waals surface area contributed by atoms with Crippen LogP contribution in [0.5, 0.6) is 0 Å². The number of carbonyl (C=O) groups is 1. The maximum atomic E-state index is 12.1. The average Bonchev–Trinajstić information content (AvgIpc) is 2.47. The van der Waals surface area contributed by atoms with Gasteiger partial charge in [-0.15, -0.1) is 0 Å². The molecule has 0 spiro atoms. The molecule has 1 aromatic heterocycles. The number of hydrogen-bond acceptors (Lipinski definition) is 2. The van der Waals surface area contributed by atoms with Crippen molar-refractivity contribution in [1.82, 2.24) is 4.98 Å². The third-order valence-corrected chi connectivity index (χ3v) is 3.15. The van der Waals surface area contributed by atoms with Crippen LogP contribution in [0.2, 0.25) is 5.02 Å². The fourth-order valence-corrected chi connectivity index (χ4v) is 2.10. The lowest BCUT2D eigenvalue weighted by Crippen LogP contribution is -2.13. The number of carbonyl (C=O) groups excluding carboxylic acids is 1. The SMILES string of the molecule is O=C(Nc1ccccc1)c1ccc2ccc(Cl)cc2n1. The Kier molecular flexibility index (Phi) is 3.35. The average molecular weight is 283 g/mol. The highest BCUT2D eigenvalue weighted by Gasteiger charge is 2.08. The number of hydrogen-bond donors (Lipinski definition) is 1. The molecule has 0 atom stereocenters. The molecule has 0 radical (unpaired) electrons. The van der Waals surface area contributed by atoms with E-state index in [-0.39, 0.29) is 5.91 Å². The first kappa shape index (κ1) is 12.6. The molecule has 1 heterocycles. The van der Waals surface area contributed by atoms with Gasteiger partial charge >= 0.3 is 0 Å². The molecular weight excluding hydrogens is 272 g/mol. The van der Waals surface area contributed by atoms with Gasteiger partial charge in [-0.3, -0.25) is 4.79 Å². The summed E-state index contributed by atoms with van der Waals surface area (Å²) in [5, 5.41) is 4.36. The fourth-order valence-electron chi connectivity index (χ4n) is 1.93. The summed E-state index contributed by atoms with van der Waals surface area (Å²) in [4.78, 5) is 16.5. The van der Waals surface area contributed by atoms with Crippen molar-refractivity contribution in [3.05, 3.63) is 71.4 Å². The molecule has 98 valence electrons. The number of amides is 1. The summed E-state index contributed by atoms with van der Waals surface area (Å²) >= 11 is 5.94. The molecule has 0 unspecified atom stereocenters. The summed E-state index contributed by atoms with van der Waals surface area (Å²) in [5.41, 5.74) is 1.81. The lowest BCUT2D eigenvalue weighted by molar-refractivity contribution is 0.102. The van der Waals surface area contributed by atoms with Crippen LogP contribution in [-0.2, 0) is 0 Å². The Morgan fingerprint density at radius 3 is 2.55 bits per heavy atom. The van der Waals surface area contributed by atoms with Crippen molar-refractivity contribution in [2.45, 2.75) is 0 Å². The molecule has 0 bridgehead atoms. The zero-order valence-electron chi connectivity index (χ0n) is 10.5. The monoisotopic (exact) mass is 282 g/mol. The summed E-state index contributed by atoms with van der Waals surface area (Å²) < 4.78 is 0. The van der Waals surface area contributed by atoms with Crippen molar-refractivity contribution in [1.29, 1.82) is 0 Å². The van der Waals surface area contributed by atoms with Crippen LogP contribution >= 0.6 is 11.6 Å². The maximum absolute atomic E-state index is 12.1. The zero-order valence-corrected chi connectivity index (χ0v) is 11.3. The first-order chi connectivity index (χ1) is 9.72. The third-order valence-electron chi connectivity index (χ3n) is 2.92. The van der Waals surface area contributed by atoms with Gasteiger partial charge in [0.05, 0.1) is 5.52 Å². The minimum atomic E-state index is -0.238. The number of para-hydroxylation sites is 1. The van der Waals surface area contributed by atoms with Crippen LogP contribution in [0.1, 0.15) is 10.5 Å². The summed E-state index contributed by atoms with van der Waals surface area (Å²) in [5.74, 6) is -0.238. The van der Waals surface area contributed by atoms with Crippen molar-refractivity contribution >= 4 is 34.1 Å². The lowest BCUT2D eigenvalue weighted by Gasteiger charge is -2.05. The quantitative estimate of drug-likeness (QED) is 0.767. The number of nitrogens with zero attached hydrogens (tertiary/aromatic N) is 1. The molecule has 3 nitrogen and oxygen atoms in total. The molecule has 4 heteroatoms. The Labute approximate surface area is 121 Å². The predicted molar refractivity (Wildman–Crippen MR) is 81.1 cm³/mol. The second-order valence-electron chi connectivity index (χ2n) is 4.35. The minimum Gasteiger partial charge on any atom is -0.321 e. The molecule has 20 heavy (non-hydrogen) atoms. The van der Waals surface area contributed by atoms with Crippen LogP contribution in [0.15, 0.2) is 60.7 Å². The van der Waals surface area contributed by atoms with Crippen LogP contribution in [0.4, 0.5) is 5.69 Å². The van der Waals surface area contributed by atoms with E-state index in [0.717, 1.165) is 11.1 Å². The van der Waals surface area contributed by atoms with Crippen LogP contribution in [0, 0.1) is 0 Å². The minimum absolute atomic E-state index is 0.238. The Hall–Kier alpha value is -2.39. The smallest absolute Gasteiger partial charge is 0.274 e. The van der Waals surface area contributed by atoms with E-state index >= 15 is 0 Å². The second kappa shape index (κ2) is 5.31. The van der Waals surface area contributed by atoms with Gasteiger partial charge in [0.2, 0.25) is 0 Å². The Bertz CT molecular complexity index is 772. The summed E-state index contributed by atoms with van der Waals surface area (Å²) in [7, 11) is 0. The molecule has 3 aromatic rings. The van der Waals surface area contributed by atoms with Crippen LogP contribution in [0.25, 0.3) is 10.9 Å². The topological polar surface area (TPSA) is 42.0 Å². The van der Waals surface area contributed by atoms with E-state index in [9.17, 15) is 4.79 Å². The summed E-state index contributed by atoms with van der Waals surface area (Å²) in [6, 6.07) is 18.3. The number of nitrogens with one attached hydrogen (secondary N) is 1. The summed E-state index contributed by atoms with van der Waals surface area (Å²) in [6.07, 6.45) is 0. The van der Waals surface area contributed by atoms with Crippen molar-refractivity contribution in [3.8, 4) is 0 Å². The fraction of sp³-hybridized carbons (Fsp3) is 0. The van der Waals surface area contributed by atoms with E-state index in [1.807, 2.05) is 42.5 Å². The van der Waals surface area contributed by atoms with E-state index in [2.05, 4.69) is 10.3 Å². The first-order valence-electron chi connectivity index (χ1n) is 6.15. The number of aromatic nitrogens is 1. The van der Waals surface area contributed by atoms with Gasteiger partial charge in [-0.1, -0.05) is 41.9 Å². The Morgan fingerprint density at radius 1 is 1.00 bits per heavy atom. The number of halogens is 1. The van der Waals surface area contributed by atoms with Gasteiger partial charge in [0.15, 0.2) is 0 Å². The van der Waals surface area contributed by atoms with Crippen molar-refractivity contribution in [3.63, 3.8) is 0 Å². The molecule has 3 rings (SSSR count). The van der Waals surface area contributed by atoms with Gasteiger partial charge < -0.3 is 5.32 Å².